The lowest BCUT2D eigenvalue weighted by molar-refractivity contribution is -0.0136. The van der Waals surface area contributed by atoms with E-state index in [1.54, 1.807) is 6.26 Å². The molecular formula is C18H26N2O2. The van der Waals surface area contributed by atoms with E-state index in [0.717, 1.165) is 29.9 Å². The molecule has 5 rings (SSSR count). The smallest absolute Gasteiger partial charge is 0.315 e. The SMILES string of the molecule is C[C@H](Cc1ccco1)NC(=O)NC12CC3CC(CC(C3)C1)C2. The molecule has 0 spiro atoms. The van der Waals surface area contributed by atoms with Crippen molar-refractivity contribution < 1.29 is 9.21 Å². The minimum atomic E-state index is 0.000932. The second-order valence-electron chi connectivity index (χ2n) is 7.98. The van der Waals surface area contributed by atoms with Crippen LogP contribution in [0.3, 0.4) is 0 Å². The molecule has 4 fully saturated rings. The normalized spacial score (nSPS) is 37.0. The average Bonchev–Trinajstić information content (AvgIpc) is 2.88. The van der Waals surface area contributed by atoms with E-state index >= 15 is 0 Å². The van der Waals surface area contributed by atoms with Gasteiger partial charge in [-0.3, -0.25) is 0 Å². The third kappa shape index (κ3) is 2.75. The molecule has 0 aliphatic heterocycles. The average molecular weight is 302 g/mol. The second-order valence-corrected chi connectivity index (χ2v) is 7.98. The molecule has 2 amide bonds. The molecule has 4 nitrogen and oxygen atoms in total. The first-order chi connectivity index (χ1) is 10.6. The molecule has 4 aliphatic carbocycles. The maximum atomic E-state index is 12.4. The molecule has 0 radical (unpaired) electrons. The van der Waals surface area contributed by atoms with E-state index in [1.165, 1.54) is 38.5 Å². The van der Waals surface area contributed by atoms with Gasteiger partial charge >= 0.3 is 6.03 Å². The molecule has 4 aliphatic rings. The summed E-state index contributed by atoms with van der Waals surface area (Å²) in [7, 11) is 0. The van der Waals surface area contributed by atoms with E-state index < -0.39 is 0 Å². The van der Waals surface area contributed by atoms with Crippen molar-refractivity contribution in [2.45, 2.75) is 63.5 Å². The van der Waals surface area contributed by atoms with Gasteiger partial charge in [0.05, 0.1) is 6.26 Å². The Morgan fingerprint density at radius 3 is 2.45 bits per heavy atom. The summed E-state index contributed by atoms with van der Waals surface area (Å²) in [6.07, 6.45) is 10.2. The summed E-state index contributed by atoms with van der Waals surface area (Å²) in [4.78, 5) is 12.4. The molecule has 1 heterocycles. The standard InChI is InChI=1S/C18H26N2O2/c1-12(5-16-3-2-4-22-16)19-17(21)20-18-9-13-6-14(10-18)8-15(7-13)11-18/h2-4,12-15H,5-11H2,1H3,(H2,19,20,21)/t12-,13?,14?,15?,18?/m1/s1. The van der Waals surface area contributed by atoms with Gasteiger partial charge in [0.15, 0.2) is 0 Å². The van der Waals surface area contributed by atoms with Crippen molar-refractivity contribution in [3.8, 4) is 0 Å². The molecule has 0 unspecified atom stereocenters. The van der Waals surface area contributed by atoms with Crippen LogP contribution in [0, 0.1) is 17.8 Å². The van der Waals surface area contributed by atoms with Crippen LogP contribution in [0.5, 0.6) is 0 Å². The van der Waals surface area contributed by atoms with Crippen LogP contribution in [-0.4, -0.2) is 17.6 Å². The molecular weight excluding hydrogens is 276 g/mol. The number of hydrogen-bond donors (Lipinski definition) is 2. The Hall–Kier alpha value is -1.45. The highest BCUT2D eigenvalue weighted by Gasteiger charge is 2.51. The molecule has 120 valence electrons. The van der Waals surface area contributed by atoms with Gasteiger partial charge in [-0.05, 0) is 75.3 Å². The zero-order chi connectivity index (χ0) is 15.2. The van der Waals surface area contributed by atoms with Gasteiger partial charge in [-0.15, -0.1) is 0 Å². The fourth-order valence-corrected chi connectivity index (χ4v) is 5.55. The lowest BCUT2D eigenvalue weighted by atomic mass is 9.53. The maximum absolute atomic E-state index is 12.4. The zero-order valence-electron chi connectivity index (χ0n) is 13.3. The van der Waals surface area contributed by atoms with Crippen LogP contribution in [0.2, 0.25) is 0 Å². The number of carbonyl (C=O) groups excluding carboxylic acids is 1. The molecule has 0 aromatic carbocycles. The predicted octanol–water partition coefficient (Wildman–Crippen LogP) is 3.48. The Kier molecular flexibility index (Phi) is 3.43. The zero-order valence-corrected chi connectivity index (χ0v) is 13.3. The summed E-state index contributed by atoms with van der Waals surface area (Å²) in [6.45, 7) is 2.03. The Morgan fingerprint density at radius 1 is 1.27 bits per heavy atom. The number of urea groups is 1. The monoisotopic (exact) mass is 302 g/mol. The van der Waals surface area contributed by atoms with Crippen LogP contribution < -0.4 is 10.6 Å². The molecule has 4 saturated carbocycles. The van der Waals surface area contributed by atoms with Gasteiger partial charge < -0.3 is 15.1 Å². The van der Waals surface area contributed by atoms with Gasteiger partial charge in [0, 0.05) is 18.0 Å². The first-order valence-electron chi connectivity index (χ1n) is 8.71. The summed E-state index contributed by atoms with van der Waals surface area (Å²) in [5.41, 5.74) is 0.0865. The number of amides is 2. The maximum Gasteiger partial charge on any atom is 0.315 e. The molecule has 0 saturated heterocycles. The highest BCUT2D eigenvalue weighted by Crippen LogP contribution is 2.55. The van der Waals surface area contributed by atoms with Crippen LogP contribution in [0.1, 0.15) is 51.2 Å². The molecule has 4 bridgehead atoms. The Labute approximate surface area is 132 Å². The van der Waals surface area contributed by atoms with Crippen LogP contribution in [0.25, 0.3) is 0 Å². The molecule has 1 atom stereocenters. The summed E-state index contributed by atoms with van der Waals surface area (Å²) in [5.74, 6) is 3.48. The highest BCUT2D eigenvalue weighted by atomic mass is 16.3. The van der Waals surface area contributed by atoms with E-state index in [-0.39, 0.29) is 17.6 Å². The topological polar surface area (TPSA) is 54.3 Å². The number of carbonyl (C=O) groups is 1. The van der Waals surface area contributed by atoms with Gasteiger partial charge in [-0.1, -0.05) is 0 Å². The van der Waals surface area contributed by atoms with E-state index in [1.807, 2.05) is 19.1 Å². The highest BCUT2D eigenvalue weighted by molar-refractivity contribution is 5.75. The van der Waals surface area contributed by atoms with Crippen molar-refractivity contribution in [1.82, 2.24) is 10.6 Å². The minimum Gasteiger partial charge on any atom is -0.469 e. The first kappa shape index (κ1) is 14.2. The van der Waals surface area contributed by atoms with E-state index in [9.17, 15) is 4.79 Å². The minimum absolute atomic E-state index is 0.000932. The van der Waals surface area contributed by atoms with Gasteiger partial charge in [0.25, 0.3) is 0 Å². The number of rotatable bonds is 4. The van der Waals surface area contributed by atoms with Crippen molar-refractivity contribution in [1.29, 1.82) is 0 Å². The Morgan fingerprint density at radius 2 is 1.91 bits per heavy atom. The number of hydrogen-bond acceptors (Lipinski definition) is 2. The summed E-state index contributed by atoms with van der Waals surface area (Å²) >= 11 is 0. The lowest BCUT2D eigenvalue weighted by Crippen LogP contribution is -2.62. The molecule has 2 N–H and O–H groups in total. The van der Waals surface area contributed by atoms with Gasteiger partial charge in [-0.2, -0.15) is 0 Å². The second kappa shape index (κ2) is 5.32. The molecule has 1 aromatic rings. The number of furan rings is 1. The third-order valence-corrected chi connectivity index (χ3v) is 5.88. The quantitative estimate of drug-likeness (QED) is 0.894. The van der Waals surface area contributed by atoms with Crippen LogP contribution >= 0.6 is 0 Å². The van der Waals surface area contributed by atoms with E-state index in [4.69, 9.17) is 4.42 Å². The van der Waals surface area contributed by atoms with Crippen LogP contribution in [-0.2, 0) is 6.42 Å². The van der Waals surface area contributed by atoms with Crippen LogP contribution in [0.15, 0.2) is 22.8 Å². The molecule has 1 aromatic heterocycles. The number of nitrogens with one attached hydrogen (secondary N) is 2. The van der Waals surface area contributed by atoms with Crippen LogP contribution in [0.4, 0.5) is 4.79 Å². The predicted molar refractivity (Wildman–Crippen MR) is 84.4 cm³/mol. The Balaban J connectivity index is 1.34. The third-order valence-electron chi connectivity index (χ3n) is 5.88. The van der Waals surface area contributed by atoms with Gasteiger partial charge in [0.2, 0.25) is 0 Å². The van der Waals surface area contributed by atoms with E-state index in [2.05, 4.69) is 10.6 Å². The summed E-state index contributed by atoms with van der Waals surface area (Å²) < 4.78 is 5.35. The van der Waals surface area contributed by atoms with Crippen molar-refractivity contribution >= 4 is 6.03 Å². The molecule has 4 heteroatoms. The van der Waals surface area contributed by atoms with Gasteiger partial charge in [0.1, 0.15) is 5.76 Å². The van der Waals surface area contributed by atoms with Crippen molar-refractivity contribution in [2.24, 2.45) is 17.8 Å². The van der Waals surface area contributed by atoms with Gasteiger partial charge in [-0.25, -0.2) is 4.79 Å². The van der Waals surface area contributed by atoms with E-state index in [0.29, 0.717) is 0 Å². The van der Waals surface area contributed by atoms with Crippen molar-refractivity contribution in [3.63, 3.8) is 0 Å². The van der Waals surface area contributed by atoms with Crippen molar-refractivity contribution in [3.05, 3.63) is 24.2 Å². The summed E-state index contributed by atoms with van der Waals surface area (Å²) in [5, 5.41) is 6.44. The largest absolute Gasteiger partial charge is 0.469 e. The lowest BCUT2D eigenvalue weighted by Gasteiger charge is -2.56. The Bertz CT molecular complexity index is 502. The molecule has 22 heavy (non-hydrogen) atoms. The summed E-state index contributed by atoms with van der Waals surface area (Å²) in [6, 6.07) is 3.92. The first-order valence-corrected chi connectivity index (χ1v) is 8.71. The van der Waals surface area contributed by atoms with Crippen molar-refractivity contribution in [2.75, 3.05) is 0 Å². The fraction of sp³-hybridized carbons (Fsp3) is 0.722. The fourth-order valence-electron chi connectivity index (χ4n) is 5.55.